The van der Waals surface area contributed by atoms with Gasteiger partial charge in [-0.15, -0.1) is 0 Å². The summed E-state index contributed by atoms with van der Waals surface area (Å²) >= 11 is 0. The van der Waals surface area contributed by atoms with Crippen LogP contribution in [0.5, 0.6) is 5.75 Å². The molecule has 1 aliphatic rings. The van der Waals surface area contributed by atoms with E-state index in [1.54, 1.807) is 19.1 Å². The third-order valence-electron chi connectivity index (χ3n) is 4.45. The number of carbonyl (C=O) groups excluding carboxylic acids is 2. The summed E-state index contributed by atoms with van der Waals surface area (Å²) in [4.78, 5) is 24.9. The Balaban J connectivity index is 1.89. The van der Waals surface area contributed by atoms with Crippen LogP contribution in [0.1, 0.15) is 18.9 Å². The maximum Gasteiger partial charge on any atom is 0.268 e. The van der Waals surface area contributed by atoms with Gasteiger partial charge in [0.25, 0.3) is 15.9 Å². The highest BCUT2D eigenvalue weighted by molar-refractivity contribution is 7.99. The number of hydrogen-bond donors (Lipinski definition) is 1. The number of ether oxygens (including phenoxy) is 1. The molecular formula is C20H19FN2O5S. The number of methoxy groups -OCH3 is 1. The zero-order valence-corrected chi connectivity index (χ0v) is 16.6. The lowest BCUT2D eigenvalue weighted by Crippen LogP contribution is -2.38. The van der Waals surface area contributed by atoms with Crippen LogP contribution >= 0.6 is 0 Å². The van der Waals surface area contributed by atoms with E-state index in [2.05, 4.69) is 5.32 Å². The lowest BCUT2D eigenvalue weighted by molar-refractivity contribution is -0.126. The summed E-state index contributed by atoms with van der Waals surface area (Å²) in [5, 5.41) is 2.29. The van der Waals surface area contributed by atoms with Gasteiger partial charge in [-0.2, -0.15) is 0 Å². The van der Waals surface area contributed by atoms with E-state index in [-0.39, 0.29) is 22.6 Å². The van der Waals surface area contributed by atoms with Gasteiger partial charge < -0.3 is 10.1 Å². The molecule has 7 nitrogen and oxygen atoms in total. The molecule has 0 saturated carbocycles. The van der Waals surface area contributed by atoms with Gasteiger partial charge in [-0.25, -0.2) is 17.1 Å². The molecule has 2 amide bonds. The maximum absolute atomic E-state index is 13.7. The number of nitrogens with zero attached hydrogens (tertiary/aromatic N) is 1. The zero-order chi connectivity index (χ0) is 21.2. The molecule has 3 rings (SSSR count). The number of hydrogen-bond acceptors (Lipinski definition) is 5. The minimum atomic E-state index is -4.24. The van der Waals surface area contributed by atoms with E-state index in [9.17, 15) is 22.4 Å². The predicted octanol–water partition coefficient (Wildman–Crippen LogP) is 2.77. The molecule has 0 saturated heterocycles. The number of halogens is 1. The number of carbonyl (C=O) groups is 2. The van der Waals surface area contributed by atoms with Gasteiger partial charge in [0.2, 0.25) is 5.91 Å². The highest BCUT2D eigenvalue weighted by Crippen LogP contribution is 2.37. The van der Waals surface area contributed by atoms with E-state index in [4.69, 9.17) is 4.74 Å². The Bertz CT molecular complexity index is 1090. The monoisotopic (exact) mass is 418 g/mol. The van der Waals surface area contributed by atoms with Gasteiger partial charge >= 0.3 is 0 Å². The maximum atomic E-state index is 13.7. The van der Waals surface area contributed by atoms with Crippen LogP contribution in [0.15, 0.2) is 54.1 Å². The molecule has 29 heavy (non-hydrogen) atoms. The molecule has 0 aromatic heterocycles. The Labute approximate surface area is 167 Å². The first-order chi connectivity index (χ1) is 13.8. The second kappa shape index (κ2) is 8.04. The molecule has 152 valence electrons. The molecule has 0 aliphatic carbocycles. The second-order valence-electron chi connectivity index (χ2n) is 6.23. The standard InChI is InChI=1S/C20H19FN2O5S/c1-3-15-19(13-8-10-14(28-2)11-9-13)29(26,27)23(20(15)25)12-18(24)22-17-7-5-4-6-16(17)21/h4-11H,3,12H2,1-2H3,(H,22,24). The van der Waals surface area contributed by atoms with Gasteiger partial charge in [0.1, 0.15) is 23.0 Å². The third-order valence-corrected chi connectivity index (χ3v) is 6.32. The van der Waals surface area contributed by atoms with Crippen molar-refractivity contribution in [1.82, 2.24) is 4.31 Å². The Hall–Kier alpha value is -3.20. The first-order valence-corrected chi connectivity index (χ1v) is 10.2. The number of para-hydroxylation sites is 1. The van der Waals surface area contributed by atoms with Crippen molar-refractivity contribution in [2.75, 3.05) is 19.0 Å². The van der Waals surface area contributed by atoms with Gasteiger partial charge in [-0.3, -0.25) is 9.59 Å². The summed E-state index contributed by atoms with van der Waals surface area (Å²) in [6.07, 6.45) is 0.171. The summed E-state index contributed by atoms with van der Waals surface area (Å²) in [6, 6.07) is 11.7. The third kappa shape index (κ3) is 3.86. The fourth-order valence-corrected chi connectivity index (χ4v) is 4.85. The van der Waals surface area contributed by atoms with E-state index in [1.807, 2.05) is 0 Å². The Kier molecular flexibility index (Phi) is 5.69. The van der Waals surface area contributed by atoms with E-state index in [0.29, 0.717) is 15.6 Å². The number of amides is 2. The van der Waals surface area contributed by atoms with Gasteiger partial charge in [0.15, 0.2) is 0 Å². The van der Waals surface area contributed by atoms with Gasteiger partial charge in [-0.05, 0) is 48.4 Å². The molecule has 0 atom stereocenters. The molecule has 9 heteroatoms. The summed E-state index contributed by atoms with van der Waals surface area (Å²) in [5.74, 6) is -1.71. The summed E-state index contributed by atoms with van der Waals surface area (Å²) in [6.45, 7) is 0.911. The highest BCUT2D eigenvalue weighted by atomic mass is 32.2. The molecule has 0 fully saturated rings. The minimum absolute atomic E-state index is 0.0915. The van der Waals surface area contributed by atoms with Crippen LogP contribution in [0.4, 0.5) is 10.1 Å². The second-order valence-corrected chi connectivity index (χ2v) is 8.03. The zero-order valence-electron chi connectivity index (χ0n) is 15.8. The molecule has 1 heterocycles. The van der Waals surface area contributed by atoms with Crippen LogP contribution < -0.4 is 10.1 Å². The lowest BCUT2D eigenvalue weighted by Gasteiger charge is -2.16. The lowest BCUT2D eigenvalue weighted by atomic mass is 10.1. The first kappa shape index (κ1) is 20.5. The quantitative estimate of drug-likeness (QED) is 0.779. The van der Waals surface area contributed by atoms with Crippen molar-refractivity contribution in [2.24, 2.45) is 0 Å². The van der Waals surface area contributed by atoms with Crippen molar-refractivity contribution < 1.29 is 27.1 Å². The van der Waals surface area contributed by atoms with Crippen molar-refractivity contribution >= 4 is 32.4 Å². The van der Waals surface area contributed by atoms with E-state index < -0.39 is 34.2 Å². The van der Waals surface area contributed by atoms with Crippen LogP contribution in [0.25, 0.3) is 4.91 Å². The molecule has 2 aromatic rings. The number of nitrogens with one attached hydrogen (secondary N) is 1. The van der Waals surface area contributed by atoms with Crippen LogP contribution in [-0.2, 0) is 19.6 Å². The van der Waals surface area contributed by atoms with E-state index >= 15 is 0 Å². The van der Waals surface area contributed by atoms with E-state index in [1.165, 1.54) is 37.4 Å². The summed E-state index contributed by atoms with van der Waals surface area (Å²) in [7, 11) is -2.76. The summed E-state index contributed by atoms with van der Waals surface area (Å²) in [5.41, 5.74) is 0.322. The summed E-state index contributed by atoms with van der Waals surface area (Å²) < 4.78 is 45.4. The van der Waals surface area contributed by atoms with Crippen molar-refractivity contribution in [3.8, 4) is 5.75 Å². The van der Waals surface area contributed by atoms with Gasteiger partial charge in [-0.1, -0.05) is 19.1 Å². The Morgan fingerprint density at radius 3 is 2.38 bits per heavy atom. The van der Waals surface area contributed by atoms with Crippen molar-refractivity contribution in [3.63, 3.8) is 0 Å². The molecule has 0 unspecified atom stereocenters. The molecule has 1 N–H and O–H groups in total. The molecule has 1 aliphatic heterocycles. The van der Waals surface area contributed by atoms with Crippen LogP contribution in [0, 0.1) is 5.82 Å². The fraction of sp³-hybridized carbons (Fsp3) is 0.200. The average Bonchev–Trinajstić information content (AvgIpc) is 2.89. The minimum Gasteiger partial charge on any atom is -0.497 e. The molecular weight excluding hydrogens is 399 g/mol. The van der Waals surface area contributed by atoms with Crippen LogP contribution in [0.2, 0.25) is 0 Å². The molecule has 2 aromatic carbocycles. The Morgan fingerprint density at radius 2 is 1.79 bits per heavy atom. The molecule has 0 bridgehead atoms. The fourth-order valence-electron chi connectivity index (χ4n) is 3.04. The van der Waals surface area contributed by atoms with Crippen molar-refractivity contribution in [3.05, 3.63) is 65.5 Å². The largest absolute Gasteiger partial charge is 0.497 e. The molecule has 0 radical (unpaired) electrons. The highest BCUT2D eigenvalue weighted by Gasteiger charge is 2.44. The van der Waals surface area contributed by atoms with E-state index in [0.717, 1.165) is 6.07 Å². The average molecular weight is 418 g/mol. The van der Waals surface area contributed by atoms with Crippen LogP contribution in [0.3, 0.4) is 0 Å². The number of benzene rings is 2. The Morgan fingerprint density at radius 1 is 1.14 bits per heavy atom. The predicted molar refractivity (Wildman–Crippen MR) is 106 cm³/mol. The van der Waals surface area contributed by atoms with Crippen LogP contribution in [-0.4, -0.2) is 38.2 Å². The van der Waals surface area contributed by atoms with Crippen molar-refractivity contribution in [2.45, 2.75) is 13.3 Å². The number of anilines is 1. The number of sulfonamides is 1. The number of rotatable bonds is 6. The molecule has 0 spiro atoms. The van der Waals surface area contributed by atoms with Gasteiger partial charge in [0, 0.05) is 5.57 Å². The smallest absolute Gasteiger partial charge is 0.268 e. The van der Waals surface area contributed by atoms with Crippen molar-refractivity contribution in [1.29, 1.82) is 0 Å². The topological polar surface area (TPSA) is 92.8 Å². The van der Waals surface area contributed by atoms with Gasteiger partial charge in [0.05, 0.1) is 12.8 Å². The first-order valence-electron chi connectivity index (χ1n) is 8.78. The SMILES string of the molecule is CCC1=C(c2ccc(OC)cc2)S(=O)(=O)N(CC(=O)Nc2ccccc2F)C1=O. The normalized spacial score (nSPS) is 15.6.